The predicted molar refractivity (Wildman–Crippen MR) is 214 cm³/mol. The Hall–Kier alpha value is -2.91. The predicted octanol–water partition coefficient (Wildman–Crippen LogP) is 10.1. The average molecular weight is 771 g/mol. The summed E-state index contributed by atoms with van der Waals surface area (Å²) in [6.45, 7) is 4.09. The summed E-state index contributed by atoms with van der Waals surface area (Å²) in [5.74, 6) is 0.392. The third-order valence-corrected chi connectivity index (χ3v) is 11.2. The van der Waals surface area contributed by atoms with E-state index in [0.717, 1.165) is 30.5 Å². The van der Waals surface area contributed by atoms with E-state index >= 15 is 0 Å². The van der Waals surface area contributed by atoms with Gasteiger partial charge in [-0.1, -0.05) is 129 Å². The van der Waals surface area contributed by atoms with Crippen molar-refractivity contribution in [2.45, 2.75) is 167 Å². The maximum absolute atomic E-state index is 13.0. The number of phosphoric acid groups is 1. The van der Waals surface area contributed by atoms with E-state index in [4.69, 9.17) is 29.5 Å². The zero-order valence-electron chi connectivity index (χ0n) is 33.3. The van der Waals surface area contributed by atoms with E-state index in [1.807, 2.05) is 25.1 Å². The summed E-state index contributed by atoms with van der Waals surface area (Å²) < 4.78 is 37.6. The summed E-state index contributed by atoms with van der Waals surface area (Å²) in [6.07, 6.45) is 27.8. The molecule has 13 heteroatoms. The van der Waals surface area contributed by atoms with Gasteiger partial charge in [0.25, 0.3) is 0 Å². The number of nitrogens with zero attached hydrogens (tertiary/aromatic N) is 5. The second-order valence-corrected chi connectivity index (χ2v) is 16.3. The van der Waals surface area contributed by atoms with E-state index in [0.29, 0.717) is 36.3 Å². The van der Waals surface area contributed by atoms with Crippen LogP contribution in [-0.2, 0) is 36.1 Å². The molecule has 0 spiro atoms. The first kappa shape index (κ1) is 45.5. The molecule has 1 unspecified atom stereocenters. The Bertz CT molecular complexity index is 1530. The van der Waals surface area contributed by atoms with Gasteiger partial charge < -0.3 is 20.1 Å². The number of rotatable bonds is 32. The Kier molecular flexibility index (Phi) is 21.9. The molecule has 3 N–H and O–H groups in total. The van der Waals surface area contributed by atoms with Gasteiger partial charge in [-0.05, 0) is 49.9 Å². The van der Waals surface area contributed by atoms with Crippen LogP contribution in [0.1, 0.15) is 159 Å². The minimum Gasteiger partial charge on any atom is -0.382 e. The summed E-state index contributed by atoms with van der Waals surface area (Å²) in [5, 5.41) is 13.3. The molecule has 3 aromatic heterocycles. The molecule has 3 rings (SSSR count). The van der Waals surface area contributed by atoms with Crippen molar-refractivity contribution in [1.82, 2.24) is 19.6 Å². The first-order chi connectivity index (χ1) is 26.2. The fourth-order valence-electron chi connectivity index (χ4n) is 6.53. The van der Waals surface area contributed by atoms with Gasteiger partial charge in [-0.15, -0.1) is 0 Å². The molecule has 0 bridgehead atoms. The third-order valence-electron chi connectivity index (χ3n) is 10.2. The highest BCUT2D eigenvalue weighted by Crippen LogP contribution is 2.45. The van der Waals surface area contributed by atoms with Gasteiger partial charge >= 0.3 is 7.82 Å². The molecule has 0 saturated carbocycles. The number of phosphoric ester groups is 1. The zero-order valence-corrected chi connectivity index (χ0v) is 34.2. The number of hydrogen-bond acceptors (Lipinski definition) is 10. The van der Waals surface area contributed by atoms with Gasteiger partial charge in [0.1, 0.15) is 23.6 Å². The minimum absolute atomic E-state index is 0.0998. The lowest BCUT2D eigenvalue weighted by atomic mass is 10.00. The Morgan fingerprint density at radius 3 is 2.06 bits per heavy atom. The number of aromatic nitrogens is 4. The van der Waals surface area contributed by atoms with Gasteiger partial charge in [-0.2, -0.15) is 10.4 Å². The van der Waals surface area contributed by atoms with Gasteiger partial charge in [-0.25, -0.2) is 19.0 Å². The van der Waals surface area contributed by atoms with Crippen molar-refractivity contribution in [3.63, 3.8) is 0 Å². The summed E-state index contributed by atoms with van der Waals surface area (Å²) in [6, 6.07) is 9.24. The number of anilines is 1. The monoisotopic (exact) mass is 770 g/mol. The molecule has 3 atom stereocenters. The quantitative estimate of drug-likeness (QED) is 0.0458. The number of pyridine rings is 1. The highest BCUT2D eigenvalue weighted by molar-refractivity contribution is 7.47. The molecule has 0 aliphatic rings. The van der Waals surface area contributed by atoms with Gasteiger partial charge in [0.2, 0.25) is 0 Å². The summed E-state index contributed by atoms with van der Waals surface area (Å²) in [5.41, 5.74) is 7.86. The number of aryl methyl sites for hydroxylation is 1. The fraction of sp³-hybridized carbons (Fsp3) is 0.707. The largest absolute Gasteiger partial charge is 0.472 e. The molecular weight excluding hydrogens is 703 g/mol. The van der Waals surface area contributed by atoms with E-state index in [9.17, 15) is 9.46 Å². The molecule has 3 aromatic rings. The zero-order chi connectivity index (χ0) is 38.9. The van der Waals surface area contributed by atoms with Crippen LogP contribution in [0.4, 0.5) is 5.82 Å². The number of nitrogens with two attached hydrogens (primary N) is 1. The summed E-state index contributed by atoms with van der Waals surface area (Å²) in [4.78, 5) is 18.8. The van der Waals surface area contributed by atoms with E-state index in [1.165, 1.54) is 103 Å². The molecule has 0 radical (unpaired) electrons. The molecule has 0 aliphatic heterocycles. The normalized spacial score (nSPS) is 14.5. The van der Waals surface area contributed by atoms with Crippen molar-refractivity contribution in [1.29, 1.82) is 5.26 Å². The van der Waals surface area contributed by atoms with E-state index in [1.54, 1.807) is 30.0 Å². The van der Waals surface area contributed by atoms with Crippen LogP contribution < -0.4 is 5.73 Å². The number of fused-ring (bicyclic) bond motifs is 1. The molecule has 302 valence electrons. The summed E-state index contributed by atoms with van der Waals surface area (Å²) in [7, 11) is -2.88. The van der Waals surface area contributed by atoms with Crippen LogP contribution in [0.3, 0.4) is 0 Å². The maximum atomic E-state index is 13.0. The van der Waals surface area contributed by atoms with Crippen LogP contribution >= 0.6 is 7.82 Å². The fourth-order valence-corrected chi connectivity index (χ4v) is 7.40. The van der Waals surface area contributed by atoms with Crippen LogP contribution in [0.25, 0.3) is 5.52 Å². The van der Waals surface area contributed by atoms with Gasteiger partial charge in [0.15, 0.2) is 5.82 Å². The van der Waals surface area contributed by atoms with Crippen molar-refractivity contribution >= 4 is 19.2 Å². The smallest absolute Gasteiger partial charge is 0.382 e. The van der Waals surface area contributed by atoms with Crippen molar-refractivity contribution in [3.05, 3.63) is 53.7 Å². The molecule has 3 heterocycles. The maximum Gasteiger partial charge on any atom is 0.472 e. The Morgan fingerprint density at radius 1 is 0.889 bits per heavy atom. The number of methoxy groups -OCH3 is 1. The molecule has 0 amide bonds. The van der Waals surface area contributed by atoms with Gasteiger partial charge in [0.05, 0.1) is 31.5 Å². The van der Waals surface area contributed by atoms with Crippen molar-refractivity contribution in [2.75, 3.05) is 26.1 Å². The third kappa shape index (κ3) is 18.1. The second-order valence-electron chi connectivity index (χ2n) is 14.9. The molecule has 0 aliphatic carbocycles. The minimum atomic E-state index is -4.42. The van der Waals surface area contributed by atoms with E-state index < -0.39 is 19.5 Å². The SMILES string of the molecule is CCCCCCCCCCCCCCCCCCCC[C@H](COP(=O)(O)OC[C@](C)(CCc1ccc2c(N)ncnn12)OC)OCc1ccc(C#N)nc1. The second kappa shape index (κ2) is 26.0. The lowest BCUT2D eigenvalue weighted by molar-refractivity contribution is -0.0495. The number of nitrogen functional groups attached to an aromatic ring is 1. The lowest BCUT2D eigenvalue weighted by Crippen LogP contribution is -2.34. The molecule has 54 heavy (non-hydrogen) atoms. The average Bonchev–Trinajstić information content (AvgIpc) is 3.61. The van der Waals surface area contributed by atoms with E-state index in [2.05, 4.69) is 22.0 Å². The number of ether oxygens (including phenoxy) is 2. The number of hydrogen-bond donors (Lipinski definition) is 2. The van der Waals surface area contributed by atoms with Crippen LogP contribution in [-0.4, -0.2) is 56.5 Å². The number of nitriles is 1. The lowest BCUT2D eigenvalue weighted by Gasteiger charge is -2.29. The van der Waals surface area contributed by atoms with Crippen molar-refractivity contribution < 1.29 is 28.0 Å². The molecule has 12 nitrogen and oxygen atoms in total. The number of unbranched alkanes of at least 4 members (excludes halogenated alkanes) is 17. The first-order valence-electron chi connectivity index (χ1n) is 20.4. The highest BCUT2D eigenvalue weighted by Gasteiger charge is 2.31. The summed E-state index contributed by atoms with van der Waals surface area (Å²) >= 11 is 0. The standard InChI is InChI=1S/C41H67N6O6P/c1-4-5-6-7-8-9-10-11-12-13-14-15-16-17-18-19-20-21-22-38(51-31-35-23-24-36(29-42)44-30-35)32-52-54(48,49)53-33-41(2,50-3)28-27-37-25-26-39-40(43)45-34-46-47(37)39/h23-26,30,34,38H,4-22,27-28,31-33H2,1-3H3,(H,48,49)(H2,43,45,46)/t38-,41+/m1/s1. The van der Waals surface area contributed by atoms with Crippen molar-refractivity contribution in [2.24, 2.45) is 0 Å². The van der Waals surface area contributed by atoms with Gasteiger partial charge in [-0.3, -0.25) is 9.05 Å². The van der Waals surface area contributed by atoms with Crippen molar-refractivity contribution in [3.8, 4) is 6.07 Å². The Morgan fingerprint density at radius 2 is 1.50 bits per heavy atom. The first-order valence-corrected chi connectivity index (χ1v) is 21.9. The Labute approximate surface area is 324 Å². The molecule has 0 aromatic carbocycles. The van der Waals surface area contributed by atoms with Crippen LogP contribution in [0.2, 0.25) is 0 Å². The van der Waals surface area contributed by atoms with Gasteiger partial charge in [0, 0.05) is 19.0 Å². The molecule has 0 fully saturated rings. The van der Waals surface area contributed by atoms with Crippen LogP contribution in [0.5, 0.6) is 0 Å². The Balaban J connectivity index is 1.35. The highest BCUT2D eigenvalue weighted by atomic mass is 31.2. The van der Waals surface area contributed by atoms with Crippen LogP contribution in [0.15, 0.2) is 36.8 Å². The topological polar surface area (TPSA) is 167 Å². The van der Waals surface area contributed by atoms with E-state index in [-0.39, 0.29) is 19.8 Å². The molecular formula is C41H67N6O6P. The molecule has 0 saturated heterocycles. The van der Waals surface area contributed by atoms with Crippen LogP contribution in [0, 0.1) is 11.3 Å².